The van der Waals surface area contributed by atoms with Crippen LogP contribution >= 0.6 is 0 Å². The van der Waals surface area contributed by atoms with Gasteiger partial charge in [-0.15, -0.1) is 0 Å². The molecule has 1 rings (SSSR count). The third kappa shape index (κ3) is 11.8. The molecule has 3 heteroatoms. The second-order valence-electron chi connectivity index (χ2n) is 6.12. The second-order valence-corrected chi connectivity index (χ2v) is 6.12. The minimum Gasteiger partial charge on any atom is -0.481 e. The zero-order chi connectivity index (χ0) is 16.8. The standard InChI is InChI=1S/C20H32O3/c1-2-3-4-5-6-7-8-9-12-15-18-19(23-18)16-13-10-11-14-17-20(21)22/h6-7,9-10,12-13,18-19H,2-5,8,11,14-17H2,1H3,(H,21,22)/b7-6-,12-9-,13-10-/t18-,19+/m0/s1. The molecule has 0 aromatic rings. The van der Waals surface area contributed by atoms with Gasteiger partial charge in [0.15, 0.2) is 0 Å². The number of rotatable bonds is 14. The average Bonchev–Trinajstić information content (AvgIpc) is 3.27. The maximum Gasteiger partial charge on any atom is 0.303 e. The minimum absolute atomic E-state index is 0.255. The summed E-state index contributed by atoms with van der Waals surface area (Å²) in [5.41, 5.74) is 0. The summed E-state index contributed by atoms with van der Waals surface area (Å²) in [5, 5.41) is 8.53. The van der Waals surface area contributed by atoms with E-state index in [9.17, 15) is 4.79 Å². The van der Waals surface area contributed by atoms with Gasteiger partial charge in [0, 0.05) is 6.42 Å². The zero-order valence-corrected chi connectivity index (χ0v) is 14.5. The molecule has 0 radical (unpaired) electrons. The van der Waals surface area contributed by atoms with E-state index in [0.717, 1.165) is 32.1 Å². The third-order valence-electron chi connectivity index (χ3n) is 3.93. The van der Waals surface area contributed by atoms with E-state index >= 15 is 0 Å². The van der Waals surface area contributed by atoms with Crippen LogP contribution in [0.15, 0.2) is 36.5 Å². The molecule has 1 saturated heterocycles. The number of allylic oxidation sites excluding steroid dienone is 4. The van der Waals surface area contributed by atoms with Crippen LogP contribution in [-0.4, -0.2) is 23.3 Å². The Balaban J connectivity index is 1.93. The molecule has 0 unspecified atom stereocenters. The van der Waals surface area contributed by atoms with E-state index < -0.39 is 5.97 Å². The highest BCUT2D eigenvalue weighted by molar-refractivity contribution is 5.66. The quantitative estimate of drug-likeness (QED) is 0.264. The molecule has 0 aromatic heterocycles. The highest BCUT2D eigenvalue weighted by Crippen LogP contribution is 2.29. The van der Waals surface area contributed by atoms with Gasteiger partial charge in [0.1, 0.15) is 0 Å². The van der Waals surface area contributed by atoms with Crippen LogP contribution in [0.5, 0.6) is 0 Å². The first kappa shape index (κ1) is 19.7. The SMILES string of the molecule is CCCCC/C=C\C/C=C\C[C@@H]1O[C@@H]1C/C=C\CCCC(=O)O. The van der Waals surface area contributed by atoms with Gasteiger partial charge in [-0.05, 0) is 44.9 Å². The van der Waals surface area contributed by atoms with Gasteiger partial charge in [0.25, 0.3) is 0 Å². The molecule has 23 heavy (non-hydrogen) atoms. The maximum atomic E-state index is 10.4. The maximum absolute atomic E-state index is 10.4. The van der Waals surface area contributed by atoms with Crippen molar-refractivity contribution in [1.29, 1.82) is 0 Å². The van der Waals surface area contributed by atoms with Gasteiger partial charge < -0.3 is 9.84 Å². The lowest BCUT2D eigenvalue weighted by Crippen LogP contribution is -1.93. The summed E-state index contributed by atoms with van der Waals surface area (Å²) < 4.78 is 5.62. The summed E-state index contributed by atoms with van der Waals surface area (Å²) in [6.45, 7) is 2.23. The smallest absolute Gasteiger partial charge is 0.303 e. The first-order valence-electron chi connectivity index (χ1n) is 9.06. The summed E-state index contributed by atoms with van der Waals surface area (Å²) in [4.78, 5) is 10.4. The molecule has 1 aliphatic heterocycles. The molecule has 1 heterocycles. The van der Waals surface area contributed by atoms with E-state index in [0.29, 0.717) is 12.2 Å². The van der Waals surface area contributed by atoms with Crippen LogP contribution in [0.1, 0.15) is 71.1 Å². The molecule has 1 aliphatic rings. The summed E-state index contributed by atoms with van der Waals surface area (Å²) in [6.07, 6.45) is 23.8. The number of carboxylic acid groups (broad SMARTS) is 1. The Kier molecular flexibility index (Phi) is 11.2. The highest BCUT2D eigenvalue weighted by Gasteiger charge is 2.35. The van der Waals surface area contributed by atoms with Crippen LogP contribution in [-0.2, 0) is 9.53 Å². The zero-order valence-electron chi connectivity index (χ0n) is 14.5. The number of unbranched alkanes of at least 4 members (excludes halogenated alkanes) is 4. The lowest BCUT2D eigenvalue weighted by molar-refractivity contribution is -0.137. The Morgan fingerprint density at radius 3 is 2.22 bits per heavy atom. The summed E-state index contributed by atoms with van der Waals surface area (Å²) in [6, 6.07) is 0. The molecule has 1 N–H and O–H groups in total. The normalized spacial score (nSPS) is 20.9. The Labute approximate surface area is 141 Å². The third-order valence-corrected chi connectivity index (χ3v) is 3.93. The van der Waals surface area contributed by atoms with E-state index in [1.807, 2.05) is 0 Å². The van der Waals surface area contributed by atoms with E-state index in [1.54, 1.807) is 0 Å². The molecule has 0 saturated carbocycles. The molecular formula is C20H32O3. The molecule has 0 aromatic carbocycles. The van der Waals surface area contributed by atoms with Crippen LogP contribution in [0.3, 0.4) is 0 Å². The van der Waals surface area contributed by atoms with Crippen LogP contribution in [0.25, 0.3) is 0 Å². The Bertz CT molecular complexity index is 396. The topological polar surface area (TPSA) is 49.8 Å². The van der Waals surface area contributed by atoms with Crippen molar-refractivity contribution in [1.82, 2.24) is 0 Å². The Hall–Kier alpha value is -1.35. The molecule has 130 valence electrons. The molecular weight excluding hydrogens is 288 g/mol. The molecule has 0 spiro atoms. The van der Waals surface area contributed by atoms with E-state index in [4.69, 9.17) is 9.84 Å². The van der Waals surface area contributed by atoms with Crippen LogP contribution in [0.4, 0.5) is 0 Å². The van der Waals surface area contributed by atoms with Crippen molar-refractivity contribution in [3.63, 3.8) is 0 Å². The van der Waals surface area contributed by atoms with Crippen molar-refractivity contribution in [2.45, 2.75) is 83.3 Å². The number of ether oxygens (including phenoxy) is 1. The van der Waals surface area contributed by atoms with Crippen molar-refractivity contribution >= 4 is 5.97 Å². The Morgan fingerprint density at radius 2 is 1.52 bits per heavy atom. The minimum atomic E-state index is -0.716. The number of hydrogen-bond acceptors (Lipinski definition) is 2. The predicted octanol–water partition coefficient (Wildman–Crippen LogP) is 5.43. The molecule has 0 aliphatic carbocycles. The number of hydrogen-bond donors (Lipinski definition) is 1. The number of aliphatic carboxylic acids is 1. The predicted molar refractivity (Wildman–Crippen MR) is 95.6 cm³/mol. The van der Waals surface area contributed by atoms with Crippen LogP contribution in [0.2, 0.25) is 0 Å². The van der Waals surface area contributed by atoms with Crippen molar-refractivity contribution in [2.24, 2.45) is 0 Å². The van der Waals surface area contributed by atoms with Crippen LogP contribution < -0.4 is 0 Å². The molecule has 0 bridgehead atoms. The lowest BCUT2D eigenvalue weighted by atomic mass is 10.1. The van der Waals surface area contributed by atoms with Gasteiger partial charge in [0.2, 0.25) is 0 Å². The fraction of sp³-hybridized carbons (Fsp3) is 0.650. The molecule has 0 amide bonds. The van der Waals surface area contributed by atoms with Gasteiger partial charge in [0.05, 0.1) is 12.2 Å². The Morgan fingerprint density at radius 1 is 0.913 bits per heavy atom. The first-order chi connectivity index (χ1) is 11.2. The van der Waals surface area contributed by atoms with Gasteiger partial charge in [-0.25, -0.2) is 0 Å². The van der Waals surface area contributed by atoms with Gasteiger partial charge >= 0.3 is 5.97 Å². The summed E-state index contributed by atoms with van der Waals surface area (Å²) >= 11 is 0. The first-order valence-corrected chi connectivity index (χ1v) is 9.06. The number of carboxylic acids is 1. The monoisotopic (exact) mass is 320 g/mol. The van der Waals surface area contributed by atoms with E-state index in [1.165, 1.54) is 25.7 Å². The lowest BCUT2D eigenvalue weighted by Gasteiger charge is -1.91. The summed E-state index contributed by atoms with van der Waals surface area (Å²) in [5.74, 6) is -0.716. The van der Waals surface area contributed by atoms with Crippen molar-refractivity contribution < 1.29 is 14.6 Å². The van der Waals surface area contributed by atoms with Gasteiger partial charge in [-0.2, -0.15) is 0 Å². The van der Waals surface area contributed by atoms with Crippen molar-refractivity contribution in [2.75, 3.05) is 0 Å². The van der Waals surface area contributed by atoms with Crippen molar-refractivity contribution in [3.8, 4) is 0 Å². The molecule has 3 nitrogen and oxygen atoms in total. The van der Waals surface area contributed by atoms with E-state index in [2.05, 4.69) is 43.4 Å². The largest absolute Gasteiger partial charge is 0.481 e. The van der Waals surface area contributed by atoms with Crippen LogP contribution in [0, 0.1) is 0 Å². The van der Waals surface area contributed by atoms with Gasteiger partial charge in [-0.1, -0.05) is 56.2 Å². The second kappa shape index (κ2) is 13.1. The number of carbonyl (C=O) groups is 1. The fourth-order valence-electron chi connectivity index (χ4n) is 2.44. The van der Waals surface area contributed by atoms with Crippen molar-refractivity contribution in [3.05, 3.63) is 36.5 Å². The van der Waals surface area contributed by atoms with Gasteiger partial charge in [-0.3, -0.25) is 4.79 Å². The highest BCUT2D eigenvalue weighted by atomic mass is 16.6. The fourth-order valence-corrected chi connectivity index (χ4v) is 2.44. The number of epoxide rings is 1. The summed E-state index contributed by atoms with van der Waals surface area (Å²) in [7, 11) is 0. The molecule has 2 atom stereocenters. The molecule has 1 fully saturated rings. The average molecular weight is 320 g/mol. The van der Waals surface area contributed by atoms with E-state index in [-0.39, 0.29) is 6.42 Å².